The fraction of sp³-hybridized carbons (Fsp3) is 0.812. The Morgan fingerprint density at radius 3 is 2.90 bits per heavy atom. The number of hydrogen-bond donors (Lipinski definition) is 1. The van der Waals surface area contributed by atoms with E-state index in [1.165, 1.54) is 5.56 Å². The first kappa shape index (κ1) is 15.0. The Morgan fingerprint density at radius 2 is 2.19 bits per heavy atom. The predicted molar refractivity (Wildman–Crippen MR) is 81.0 cm³/mol. The summed E-state index contributed by atoms with van der Waals surface area (Å²) in [4.78, 5) is 0. The van der Waals surface area contributed by atoms with Gasteiger partial charge in [-0.2, -0.15) is 5.10 Å². The summed E-state index contributed by atoms with van der Waals surface area (Å²) in [6.45, 7) is 4.59. The lowest BCUT2D eigenvalue weighted by Crippen LogP contribution is -2.46. The zero-order chi connectivity index (χ0) is 14.9. The van der Waals surface area contributed by atoms with Crippen LogP contribution in [0.3, 0.4) is 0 Å². The molecule has 2 fully saturated rings. The highest BCUT2D eigenvalue weighted by atomic mass is 16.5. The minimum Gasteiger partial charge on any atom is -0.381 e. The number of aryl methyl sites for hydroxylation is 2. The second-order valence-electron chi connectivity index (χ2n) is 6.48. The molecule has 0 aromatic carbocycles. The third-order valence-corrected chi connectivity index (χ3v) is 5.07. The van der Waals surface area contributed by atoms with Gasteiger partial charge in [-0.25, -0.2) is 0 Å². The summed E-state index contributed by atoms with van der Waals surface area (Å²) in [6.07, 6.45) is 7.13. The smallest absolute Gasteiger partial charge is 0.0729 e. The van der Waals surface area contributed by atoms with Crippen molar-refractivity contribution in [2.45, 2.75) is 50.7 Å². The first-order valence-corrected chi connectivity index (χ1v) is 8.13. The summed E-state index contributed by atoms with van der Waals surface area (Å²) in [5.41, 5.74) is 8.97. The molecule has 2 aliphatic rings. The average molecular weight is 293 g/mol. The van der Waals surface area contributed by atoms with Crippen LogP contribution in [0.1, 0.15) is 49.9 Å². The van der Waals surface area contributed by atoms with Gasteiger partial charge in [0.25, 0.3) is 0 Å². The molecule has 1 spiro atoms. The monoisotopic (exact) mass is 293 g/mol. The van der Waals surface area contributed by atoms with Crippen LogP contribution in [0, 0.1) is 5.92 Å². The van der Waals surface area contributed by atoms with Gasteiger partial charge in [-0.1, -0.05) is 6.92 Å². The van der Waals surface area contributed by atoms with Gasteiger partial charge in [-0.3, -0.25) is 4.68 Å². The Balaban J connectivity index is 1.76. The number of hydrogen-bond acceptors (Lipinski definition) is 4. The van der Waals surface area contributed by atoms with E-state index in [-0.39, 0.29) is 11.6 Å². The number of nitrogens with two attached hydrogens (primary N) is 1. The fourth-order valence-electron chi connectivity index (χ4n) is 3.82. The maximum Gasteiger partial charge on any atom is 0.0729 e. The molecule has 1 aromatic rings. The zero-order valence-corrected chi connectivity index (χ0v) is 13.2. The molecule has 0 bridgehead atoms. The van der Waals surface area contributed by atoms with Crippen molar-refractivity contribution in [2.24, 2.45) is 18.7 Å². The number of aromatic nitrogens is 2. The van der Waals surface area contributed by atoms with Gasteiger partial charge in [-0.15, -0.1) is 0 Å². The second-order valence-corrected chi connectivity index (χ2v) is 6.48. The van der Waals surface area contributed by atoms with Crippen molar-refractivity contribution in [1.29, 1.82) is 0 Å². The van der Waals surface area contributed by atoms with Crippen molar-refractivity contribution < 1.29 is 9.47 Å². The van der Waals surface area contributed by atoms with Gasteiger partial charge in [0.2, 0.25) is 0 Å². The van der Waals surface area contributed by atoms with Crippen LogP contribution in [-0.2, 0) is 22.9 Å². The molecule has 21 heavy (non-hydrogen) atoms. The molecule has 2 atom stereocenters. The Hall–Kier alpha value is -0.910. The van der Waals surface area contributed by atoms with Crippen molar-refractivity contribution in [3.63, 3.8) is 0 Å². The van der Waals surface area contributed by atoms with Crippen molar-refractivity contribution in [1.82, 2.24) is 9.78 Å². The van der Waals surface area contributed by atoms with Gasteiger partial charge in [-0.05, 0) is 38.0 Å². The molecule has 2 saturated heterocycles. The number of rotatable bonds is 3. The molecule has 2 aliphatic heterocycles. The van der Waals surface area contributed by atoms with E-state index in [9.17, 15) is 0 Å². The molecule has 0 radical (unpaired) electrons. The van der Waals surface area contributed by atoms with Crippen LogP contribution in [0.2, 0.25) is 0 Å². The Labute approximate surface area is 126 Å². The third-order valence-electron chi connectivity index (χ3n) is 5.07. The molecule has 5 heteroatoms. The highest BCUT2D eigenvalue weighted by Crippen LogP contribution is 2.41. The van der Waals surface area contributed by atoms with Crippen LogP contribution < -0.4 is 5.73 Å². The highest BCUT2D eigenvalue weighted by Gasteiger charge is 2.41. The average Bonchev–Trinajstić information content (AvgIpc) is 2.88. The number of ether oxygens (including phenoxy) is 2. The van der Waals surface area contributed by atoms with Gasteiger partial charge in [0.05, 0.1) is 11.3 Å². The number of nitrogens with zero attached hydrogens (tertiary/aromatic N) is 2. The predicted octanol–water partition coefficient (Wildman–Crippen LogP) is 1.96. The molecule has 0 aliphatic carbocycles. The lowest BCUT2D eigenvalue weighted by Gasteiger charge is -2.44. The molecule has 3 heterocycles. The highest BCUT2D eigenvalue weighted by molar-refractivity contribution is 5.22. The molecular weight excluding hydrogens is 266 g/mol. The second kappa shape index (κ2) is 6.07. The van der Waals surface area contributed by atoms with Crippen LogP contribution in [0.4, 0.5) is 0 Å². The van der Waals surface area contributed by atoms with Gasteiger partial charge < -0.3 is 15.2 Å². The standard InChI is InChI=1S/C16H27N3O2/c1-3-14-13(11-19(2)18-14)15(17)12-4-7-21-16(10-12)5-8-20-9-6-16/h11-12,15H,3-10,17H2,1-2H3. The third kappa shape index (κ3) is 3.00. The SMILES string of the molecule is CCc1nn(C)cc1C(N)C1CCOC2(CCOCC2)C1. The van der Waals surface area contributed by atoms with Crippen molar-refractivity contribution in [2.75, 3.05) is 19.8 Å². The molecule has 2 N–H and O–H groups in total. The maximum absolute atomic E-state index is 6.61. The first-order chi connectivity index (χ1) is 10.1. The molecule has 1 aromatic heterocycles. The van der Waals surface area contributed by atoms with Gasteiger partial charge in [0.1, 0.15) is 0 Å². The summed E-state index contributed by atoms with van der Waals surface area (Å²) >= 11 is 0. The van der Waals surface area contributed by atoms with Crippen molar-refractivity contribution >= 4 is 0 Å². The molecule has 0 amide bonds. The molecule has 5 nitrogen and oxygen atoms in total. The van der Waals surface area contributed by atoms with Gasteiger partial charge >= 0.3 is 0 Å². The Kier molecular flexibility index (Phi) is 4.33. The van der Waals surface area contributed by atoms with Crippen molar-refractivity contribution in [3.8, 4) is 0 Å². The lowest BCUT2D eigenvalue weighted by atomic mass is 9.76. The van der Waals surface area contributed by atoms with E-state index in [4.69, 9.17) is 15.2 Å². The van der Waals surface area contributed by atoms with E-state index in [2.05, 4.69) is 18.2 Å². The van der Waals surface area contributed by atoms with Crippen LogP contribution in [-0.4, -0.2) is 35.2 Å². The van der Waals surface area contributed by atoms with Gasteiger partial charge in [0.15, 0.2) is 0 Å². The zero-order valence-electron chi connectivity index (χ0n) is 13.2. The van der Waals surface area contributed by atoms with Crippen LogP contribution in [0.15, 0.2) is 6.20 Å². The van der Waals surface area contributed by atoms with E-state index < -0.39 is 0 Å². The van der Waals surface area contributed by atoms with Crippen LogP contribution in [0.5, 0.6) is 0 Å². The lowest BCUT2D eigenvalue weighted by molar-refractivity contribution is -0.149. The largest absolute Gasteiger partial charge is 0.381 e. The molecule has 0 saturated carbocycles. The molecular formula is C16H27N3O2. The summed E-state index contributed by atoms with van der Waals surface area (Å²) in [5.74, 6) is 0.478. The van der Waals surface area contributed by atoms with E-state index >= 15 is 0 Å². The van der Waals surface area contributed by atoms with E-state index in [1.54, 1.807) is 0 Å². The maximum atomic E-state index is 6.61. The van der Waals surface area contributed by atoms with Gasteiger partial charge in [0, 0.05) is 44.7 Å². The normalized spacial score (nSPS) is 26.9. The summed E-state index contributed by atoms with van der Waals surface area (Å²) in [5, 5.41) is 4.53. The fourth-order valence-corrected chi connectivity index (χ4v) is 3.82. The molecule has 118 valence electrons. The van der Waals surface area contributed by atoms with Crippen LogP contribution in [0.25, 0.3) is 0 Å². The Bertz CT molecular complexity index is 474. The summed E-state index contributed by atoms with van der Waals surface area (Å²) in [7, 11) is 1.97. The topological polar surface area (TPSA) is 62.3 Å². The minimum absolute atomic E-state index is 0.00732. The van der Waals surface area contributed by atoms with Crippen molar-refractivity contribution in [3.05, 3.63) is 17.5 Å². The van der Waals surface area contributed by atoms with E-state index in [1.807, 2.05) is 11.7 Å². The van der Waals surface area contributed by atoms with E-state index in [0.717, 1.165) is 57.6 Å². The molecule has 3 rings (SSSR count). The Morgan fingerprint density at radius 1 is 1.43 bits per heavy atom. The quantitative estimate of drug-likeness (QED) is 0.925. The van der Waals surface area contributed by atoms with E-state index in [0.29, 0.717) is 5.92 Å². The minimum atomic E-state index is 0.00732. The summed E-state index contributed by atoms with van der Waals surface area (Å²) in [6, 6.07) is 0.0669. The first-order valence-electron chi connectivity index (χ1n) is 8.13. The summed E-state index contributed by atoms with van der Waals surface area (Å²) < 4.78 is 13.5. The molecule has 2 unspecified atom stereocenters. The van der Waals surface area contributed by atoms with Crippen LogP contribution >= 0.6 is 0 Å².